The molecular formula is C35H36N4O3S. The van der Waals surface area contributed by atoms with Gasteiger partial charge in [-0.3, -0.25) is 14.4 Å². The van der Waals surface area contributed by atoms with E-state index in [4.69, 9.17) is 0 Å². The van der Waals surface area contributed by atoms with Crippen molar-refractivity contribution in [3.63, 3.8) is 0 Å². The minimum Gasteiger partial charge on any atom is -0.378 e. The lowest BCUT2D eigenvalue weighted by molar-refractivity contribution is -0.115. The van der Waals surface area contributed by atoms with Crippen molar-refractivity contribution in [2.45, 2.75) is 30.9 Å². The van der Waals surface area contributed by atoms with E-state index in [0.29, 0.717) is 11.3 Å². The van der Waals surface area contributed by atoms with Gasteiger partial charge in [0.2, 0.25) is 5.91 Å². The number of thioether (sulfide) groups is 1. The van der Waals surface area contributed by atoms with Gasteiger partial charge in [-0.2, -0.15) is 0 Å². The summed E-state index contributed by atoms with van der Waals surface area (Å²) in [5.41, 5.74) is 5.79. The number of carbonyl (C=O) groups is 3. The summed E-state index contributed by atoms with van der Waals surface area (Å²) in [5, 5.41) is 8.29. The summed E-state index contributed by atoms with van der Waals surface area (Å²) in [7, 11) is 3.91. The molecule has 1 unspecified atom stereocenters. The molecule has 0 spiro atoms. The average molecular weight is 593 g/mol. The average Bonchev–Trinajstić information content (AvgIpc) is 2.97. The second-order valence-electron chi connectivity index (χ2n) is 10.5. The molecule has 0 aliphatic heterocycles. The normalized spacial score (nSPS) is 11.8. The Bertz CT molecular complexity index is 1610. The highest BCUT2D eigenvalue weighted by Crippen LogP contribution is 2.27. The van der Waals surface area contributed by atoms with E-state index in [1.807, 2.05) is 100 Å². The van der Waals surface area contributed by atoms with Crippen LogP contribution in [0, 0.1) is 13.8 Å². The molecule has 0 aliphatic rings. The fourth-order valence-corrected chi connectivity index (χ4v) is 5.30. The maximum atomic E-state index is 13.5. The first kappa shape index (κ1) is 31.1. The van der Waals surface area contributed by atoms with Crippen LogP contribution in [0.15, 0.2) is 108 Å². The fourth-order valence-electron chi connectivity index (χ4n) is 4.37. The van der Waals surface area contributed by atoms with Crippen LogP contribution in [-0.2, 0) is 9.59 Å². The molecule has 4 rings (SSSR count). The van der Waals surface area contributed by atoms with Crippen LogP contribution in [-0.4, -0.2) is 37.1 Å². The highest BCUT2D eigenvalue weighted by atomic mass is 32.2. The number of hydrogen-bond acceptors (Lipinski definition) is 5. The van der Waals surface area contributed by atoms with Gasteiger partial charge in [0, 0.05) is 41.6 Å². The highest BCUT2D eigenvalue weighted by Gasteiger charge is 2.18. The number of benzene rings is 4. The molecule has 4 aromatic rings. The van der Waals surface area contributed by atoms with Gasteiger partial charge in [-0.15, -0.1) is 11.8 Å². The van der Waals surface area contributed by atoms with Crippen molar-refractivity contribution in [1.82, 2.24) is 5.32 Å². The van der Waals surface area contributed by atoms with Gasteiger partial charge in [0.1, 0.15) is 5.70 Å². The largest absolute Gasteiger partial charge is 0.378 e. The Hall–Kier alpha value is -4.82. The Labute approximate surface area is 257 Å². The first-order valence-corrected chi connectivity index (χ1v) is 14.8. The van der Waals surface area contributed by atoms with Gasteiger partial charge >= 0.3 is 0 Å². The molecule has 0 aromatic heterocycles. The van der Waals surface area contributed by atoms with Crippen LogP contribution in [0.1, 0.15) is 34.0 Å². The molecule has 3 N–H and O–H groups in total. The van der Waals surface area contributed by atoms with Crippen LogP contribution in [0.2, 0.25) is 0 Å². The molecule has 0 fully saturated rings. The maximum Gasteiger partial charge on any atom is 0.272 e. The van der Waals surface area contributed by atoms with E-state index >= 15 is 0 Å². The molecular weight excluding hydrogens is 556 g/mol. The second kappa shape index (κ2) is 14.4. The zero-order valence-corrected chi connectivity index (χ0v) is 25.8. The molecule has 0 saturated heterocycles. The number of hydrogen-bond donors (Lipinski definition) is 3. The molecule has 4 aromatic carbocycles. The SMILES string of the molecule is Cc1cc(C)cc(NC(=O)C(C)Sc2cccc(NC(=O)/C(=C\c3ccc(N(C)C)cc3)NC(=O)c3ccccc3)c2)c1. The van der Waals surface area contributed by atoms with Crippen LogP contribution in [0.5, 0.6) is 0 Å². The zero-order valence-electron chi connectivity index (χ0n) is 25.0. The van der Waals surface area contributed by atoms with E-state index in [0.717, 1.165) is 33.0 Å². The lowest BCUT2D eigenvalue weighted by atomic mass is 10.1. The number of anilines is 3. The minimum absolute atomic E-state index is 0.103. The van der Waals surface area contributed by atoms with Gasteiger partial charge in [0.15, 0.2) is 0 Å². The molecule has 8 heteroatoms. The first-order valence-electron chi connectivity index (χ1n) is 13.9. The van der Waals surface area contributed by atoms with Gasteiger partial charge in [-0.1, -0.05) is 42.5 Å². The summed E-state index contributed by atoms with van der Waals surface area (Å²) in [6.07, 6.45) is 1.65. The van der Waals surface area contributed by atoms with E-state index in [2.05, 4.69) is 22.0 Å². The summed E-state index contributed by atoms with van der Waals surface area (Å²) in [4.78, 5) is 42.2. The lowest BCUT2D eigenvalue weighted by Gasteiger charge is -2.15. The smallest absolute Gasteiger partial charge is 0.272 e. The molecule has 43 heavy (non-hydrogen) atoms. The third-order valence-corrected chi connectivity index (χ3v) is 7.61. The standard InChI is InChI=1S/C35H36N4O3S/c1-23-18-24(2)20-29(19-23)37-33(40)25(3)43-31-13-9-12-28(22-31)36-35(42)32(38-34(41)27-10-7-6-8-11-27)21-26-14-16-30(17-15-26)39(4)5/h6-22,25H,1-5H3,(H,36,42)(H,37,40)(H,38,41)/b32-21+. The van der Waals surface area contributed by atoms with E-state index in [1.54, 1.807) is 36.4 Å². The summed E-state index contributed by atoms with van der Waals surface area (Å²) in [5.74, 6) is -0.970. The van der Waals surface area contributed by atoms with Crippen molar-refractivity contribution in [1.29, 1.82) is 0 Å². The van der Waals surface area contributed by atoms with Gasteiger partial charge in [0.25, 0.3) is 11.8 Å². The Morgan fingerprint density at radius 2 is 1.44 bits per heavy atom. The minimum atomic E-state index is -0.469. The van der Waals surface area contributed by atoms with Gasteiger partial charge in [-0.05, 0) is 98.1 Å². The van der Waals surface area contributed by atoms with Crippen molar-refractivity contribution in [2.24, 2.45) is 0 Å². The lowest BCUT2D eigenvalue weighted by Crippen LogP contribution is -2.30. The van der Waals surface area contributed by atoms with Crippen LogP contribution in [0.4, 0.5) is 17.1 Å². The molecule has 1 atom stereocenters. The van der Waals surface area contributed by atoms with Gasteiger partial charge in [-0.25, -0.2) is 0 Å². The molecule has 0 bridgehead atoms. The van der Waals surface area contributed by atoms with Crippen LogP contribution < -0.4 is 20.9 Å². The molecule has 7 nitrogen and oxygen atoms in total. The Morgan fingerprint density at radius 3 is 2.09 bits per heavy atom. The predicted molar refractivity (Wildman–Crippen MR) is 178 cm³/mol. The number of amides is 3. The predicted octanol–water partition coefficient (Wildman–Crippen LogP) is 6.90. The molecule has 0 saturated carbocycles. The quantitative estimate of drug-likeness (QED) is 0.138. The zero-order chi connectivity index (χ0) is 30.9. The van der Waals surface area contributed by atoms with Gasteiger partial charge in [0.05, 0.1) is 5.25 Å². The number of nitrogens with one attached hydrogen (secondary N) is 3. The molecule has 3 amide bonds. The topological polar surface area (TPSA) is 90.5 Å². The summed E-state index contributed by atoms with van der Waals surface area (Å²) >= 11 is 1.39. The van der Waals surface area contributed by atoms with Crippen molar-refractivity contribution in [3.8, 4) is 0 Å². The summed E-state index contributed by atoms with van der Waals surface area (Å²) in [6.45, 7) is 5.83. The van der Waals surface area contributed by atoms with E-state index < -0.39 is 5.91 Å². The Morgan fingerprint density at radius 1 is 0.767 bits per heavy atom. The Kier molecular flexibility index (Phi) is 10.4. The molecule has 0 heterocycles. The van der Waals surface area contributed by atoms with Crippen molar-refractivity contribution in [2.75, 3.05) is 29.6 Å². The first-order chi connectivity index (χ1) is 20.6. The van der Waals surface area contributed by atoms with E-state index in [-0.39, 0.29) is 22.8 Å². The number of nitrogens with zero attached hydrogens (tertiary/aromatic N) is 1. The number of rotatable bonds is 10. The van der Waals surface area contributed by atoms with Crippen LogP contribution in [0.25, 0.3) is 6.08 Å². The number of carbonyl (C=O) groups excluding carboxylic acids is 3. The third kappa shape index (κ3) is 9.08. The van der Waals surface area contributed by atoms with Crippen LogP contribution >= 0.6 is 11.8 Å². The summed E-state index contributed by atoms with van der Waals surface area (Å²) in [6, 6.07) is 29.6. The van der Waals surface area contributed by atoms with Crippen molar-refractivity contribution < 1.29 is 14.4 Å². The van der Waals surface area contributed by atoms with E-state index in [1.165, 1.54) is 11.8 Å². The summed E-state index contributed by atoms with van der Waals surface area (Å²) < 4.78 is 0. The third-order valence-electron chi connectivity index (χ3n) is 6.51. The Balaban J connectivity index is 1.49. The highest BCUT2D eigenvalue weighted by molar-refractivity contribution is 8.00. The fraction of sp³-hybridized carbons (Fsp3) is 0.171. The molecule has 0 aliphatic carbocycles. The monoisotopic (exact) mass is 592 g/mol. The van der Waals surface area contributed by atoms with E-state index in [9.17, 15) is 14.4 Å². The van der Waals surface area contributed by atoms with Crippen molar-refractivity contribution in [3.05, 3.63) is 125 Å². The molecule has 0 radical (unpaired) electrons. The van der Waals surface area contributed by atoms with Gasteiger partial charge < -0.3 is 20.9 Å². The van der Waals surface area contributed by atoms with Crippen molar-refractivity contribution >= 4 is 52.6 Å². The van der Waals surface area contributed by atoms with Crippen LogP contribution in [0.3, 0.4) is 0 Å². The maximum absolute atomic E-state index is 13.5. The molecule has 220 valence electrons. The second-order valence-corrected chi connectivity index (χ2v) is 11.9. The number of aryl methyl sites for hydroxylation is 2.